The minimum Gasteiger partial charge on any atom is -0.484 e. The van der Waals surface area contributed by atoms with Crippen molar-refractivity contribution in [2.24, 2.45) is 5.92 Å². The van der Waals surface area contributed by atoms with Crippen LogP contribution in [0.15, 0.2) is 42.5 Å². The molecule has 0 unspecified atom stereocenters. The van der Waals surface area contributed by atoms with Crippen LogP contribution in [-0.2, 0) is 27.3 Å². The van der Waals surface area contributed by atoms with Crippen molar-refractivity contribution in [2.45, 2.75) is 70.9 Å². The number of hydrogen-bond donors (Lipinski definition) is 1. The van der Waals surface area contributed by atoms with Gasteiger partial charge in [-0.15, -0.1) is 0 Å². The summed E-state index contributed by atoms with van der Waals surface area (Å²) in [5.74, 6) is -1.78. The van der Waals surface area contributed by atoms with Crippen LogP contribution < -0.4 is 4.74 Å². The van der Waals surface area contributed by atoms with Crippen molar-refractivity contribution in [1.29, 1.82) is 0 Å². The number of aliphatic carboxylic acids is 1. The fourth-order valence-electron chi connectivity index (χ4n) is 4.90. The summed E-state index contributed by atoms with van der Waals surface area (Å²) >= 11 is 0. The normalized spacial score (nSPS) is 15.7. The lowest BCUT2D eigenvalue weighted by molar-refractivity contribution is -0.166. The molecule has 0 radical (unpaired) electrons. The van der Waals surface area contributed by atoms with Crippen LogP contribution in [0.2, 0.25) is 0 Å². The molecule has 6 nitrogen and oxygen atoms in total. The fraction of sp³-hybridized carbons (Fsp3) is 0.517. The Kier molecular flexibility index (Phi) is 10.4. The average molecular weight is 518 g/mol. The van der Waals surface area contributed by atoms with E-state index < -0.39 is 23.2 Å². The van der Waals surface area contributed by atoms with Gasteiger partial charge in [0.15, 0.2) is 12.2 Å². The van der Waals surface area contributed by atoms with Crippen molar-refractivity contribution in [3.05, 3.63) is 65.2 Å². The van der Waals surface area contributed by atoms with Crippen LogP contribution in [0, 0.1) is 17.6 Å². The van der Waals surface area contributed by atoms with Crippen molar-refractivity contribution >= 4 is 11.9 Å². The van der Waals surface area contributed by atoms with Gasteiger partial charge < -0.3 is 19.5 Å². The molecule has 1 amide bonds. The maximum Gasteiger partial charge on any atom is 0.336 e. The Hall–Kier alpha value is -3.00. The molecule has 0 aliphatic heterocycles. The Morgan fingerprint density at radius 2 is 1.76 bits per heavy atom. The van der Waals surface area contributed by atoms with Gasteiger partial charge in [-0.1, -0.05) is 44.4 Å². The van der Waals surface area contributed by atoms with Gasteiger partial charge in [0.2, 0.25) is 0 Å². The van der Waals surface area contributed by atoms with E-state index in [0.717, 1.165) is 37.3 Å². The van der Waals surface area contributed by atoms with Gasteiger partial charge in [-0.05, 0) is 55.9 Å². The topological polar surface area (TPSA) is 76.1 Å². The SMILES string of the molecule is CCO[C@@](CC)(Cc1ccc(OCC(=O)N(Cc2ccc(F)cc2F)CC2CCCCC2)cc1)C(=O)O. The highest BCUT2D eigenvalue weighted by Gasteiger charge is 2.37. The van der Waals surface area contributed by atoms with E-state index in [9.17, 15) is 23.5 Å². The van der Waals surface area contributed by atoms with Crippen LogP contribution in [0.25, 0.3) is 0 Å². The van der Waals surface area contributed by atoms with Crippen molar-refractivity contribution in [3.63, 3.8) is 0 Å². The van der Waals surface area contributed by atoms with E-state index in [-0.39, 0.29) is 31.0 Å². The molecule has 8 heteroatoms. The number of ether oxygens (including phenoxy) is 2. The number of nitrogens with zero attached hydrogens (tertiary/aromatic N) is 1. The van der Waals surface area contributed by atoms with Crippen molar-refractivity contribution in [1.82, 2.24) is 4.90 Å². The number of benzene rings is 2. The first-order chi connectivity index (χ1) is 17.8. The predicted molar refractivity (Wildman–Crippen MR) is 136 cm³/mol. The molecule has 37 heavy (non-hydrogen) atoms. The maximum atomic E-state index is 14.3. The first kappa shape index (κ1) is 28.6. The van der Waals surface area contributed by atoms with Crippen LogP contribution in [0.5, 0.6) is 5.75 Å². The summed E-state index contributed by atoms with van der Waals surface area (Å²) in [5.41, 5.74) is -0.244. The molecule has 0 saturated heterocycles. The Bertz CT molecular complexity index is 1040. The van der Waals surface area contributed by atoms with Crippen molar-refractivity contribution < 1.29 is 33.0 Å². The molecule has 0 bridgehead atoms. The van der Waals surface area contributed by atoms with Crippen molar-refractivity contribution in [2.75, 3.05) is 19.8 Å². The number of amides is 1. The second-order valence-corrected chi connectivity index (χ2v) is 9.71. The first-order valence-corrected chi connectivity index (χ1v) is 13.1. The molecule has 0 spiro atoms. The lowest BCUT2D eigenvalue weighted by Crippen LogP contribution is -2.43. The minimum atomic E-state index is -1.29. The van der Waals surface area contributed by atoms with Crippen LogP contribution in [0.4, 0.5) is 8.78 Å². The van der Waals surface area contributed by atoms with E-state index in [0.29, 0.717) is 31.2 Å². The molecule has 1 saturated carbocycles. The summed E-state index contributed by atoms with van der Waals surface area (Å²) in [5, 5.41) is 9.69. The van der Waals surface area contributed by atoms with Crippen LogP contribution in [0.1, 0.15) is 63.5 Å². The van der Waals surface area contributed by atoms with Gasteiger partial charge in [0, 0.05) is 37.7 Å². The maximum absolute atomic E-state index is 14.3. The highest BCUT2D eigenvalue weighted by Crippen LogP contribution is 2.26. The van der Waals surface area contributed by atoms with Gasteiger partial charge >= 0.3 is 5.97 Å². The Labute approximate surface area is 217 Å². The monoisotopic (exact) mass is 517 g/mol. The van der Waals surface area contributed by atoms with Gasteiger partial charge in [0.1, 0.15) is 17.4 Å². The molecule has 0 heterocycles. The zero-order chi connectivity index (χ0) is 26.8. The third kappa shape index (κ3) is 7.99. The molecule has 2 aromatic rings. The lowest BCUT2D eigenvalue weighted by Gasteiger charge is -2.30. The Morgan fingerprint density at radius 1 is 1.05 bits per heavy atom. The van der Waals surface area contributed by atoms with E-state index in [1.807, 2.05) is 0 Å². The smallest absolute Gasteiger partial charge is 0.336 e. The molecule has 1 fully saturated rings. The molecule has 202 valence electrons. The van der Waals surface area contributed by atoms with Crippen molar-refractivity contribution in [3.8, 4) is 5.75 Å². The lowest BCUT2D eigenvalue weighted by atomic mass is 9.89. The molecule has 0 aromatic heterocycles. The standard InChI is InChI=1S/C29H37F2NO5/c1-3-29(28(34)35,37-4-2)17-21-10-14-25(15-11-21)36-20-27(33)32(18-22-8-6-5-7-9-22)19-23-12-13-24(30)16-26(23)31/h10-16,22H,3-9,17-20H2,1-2H3,(H,34,35)/t29-/m0/s1. The Balaban J connectivity index is 1.65. The molecule has 1 N–H and O–H groups in total. The third-order valence-electron chi connectivity index (χ3n) is 7.09. The highest BCUT2D eigenvalue weighted by molar-refractivity contribution is 5.78. The van der Waals surface area contributed by atoms with E-state index in [4.69, 9.17) is 9.47 Å². The second kappa shape index (κ2) is 13.5. The average Bonchev–Trinajstić information content (AvgIpc) is 2.89. The highest BCUT2D eigenvalue weighted by atomic mass is 19.1. The van der Waals surface area contributed by atoms with Crippen LogP contribution >= 0.6 is 0 Å². The summed E-state index contributed by atoms with van der Waals surface area (Å²) in [7, 11) is 0. The van der Waals surface area contributed by atoms with Crippen LogP contribution in [0.3, 0.4) is 0 Å². The second-order valence-electron chi connectivity index (χ2n) is 9.71. The van der Waals surface area contributed by atoms with Gasteiger partial charge in [-0.25, -0.2) is 13.6 Å². The first-order valence-electron chi connectivity index (χ1n) is 13.1. The van der Waals surface area contributed by atoms with Gasteiger partial charge in [-0.2, -0.15) is 0 Å². The summed E-state index contributed by atoms with van der Waals surface area (Å²) in [6.07, 6.45) is 6.01. The Morgan fingerprint density at radius 3 is 2.35 bits per heavy atom. The number of halogens is 2. The van der Waals surface area contributed by atoms with Gasteiger partial charge in [-0.3, -0.25) is 4.79 Å². The zero-order valence-corrected chi connectivity index (χ0v) is 21.7. The number of rotatable bonds is 13. The zero-order valence-electron chi connectivity index (χ0n) is 21.7. The number of hydrogen-bond acceptors (Lipinski definition) is 4. The quantitative estimate of drug-likeness (QED) is 0.365. The third-order valence-corrected chi connectivity index (χ3v) is 7.09. The number of carboxylic acids is 1. The molecule has 1 aliphatic carbocycles. The fourth-order valence-corrected chi connectivity index (χ4v) is 4.90. The van der Waals surface area contributed by atoms with Gasteiger partial charge in [0.05, 0.1) is 0 Å². The number of carbonyl (C=O) groups excluding carboxylic acids is 1. The summed E-state index contributed by atoms with van der Waals surface area (Å²) in [6, 6.07) is 10.3. The number of carboxylic acid groups (broad SMARTS) is 1. The summed E-state index contributed by atoms with van der Waals surface area (Å²) < 4.78 is 39.0. The van der Waals surface area contributed by atoms with E-state index >= 15 is 0 Å². The molecular weight excluding hydrogens is 480 g/mol. The summed E-state index contributed by atoms with van der Waals surface area (Å²) in [4.78, 5) is 26.6. The van der Waals surface area contributed by atoms with E-state index in [1.165, 1.54) is 18.6 Å². The largest absolute Gasteiger partial charge is 0.484 e. The van der Waals surface area contributed by atoms with Crippen LogP contribution in [-0.4, -0.2) is 47.2 Å². The molecule has 1 aliphatic rings. The van der Waals surface area contributed by atoms with E-state index in [2.05, 4.69) is 0 Å². The minimum absolute atomic E-state index is 0.0511. The molecular formula is C29H37F2NO5. The molecule has 2 aromatic carbocycles. The molecule has 3 rings (SSSR count). The van der Waals surface area contributed by atoms with E-state index in [1.54, 1.807) is 43.0 Å². The summed E-state index contributed by atoms with van der Waals surface area (Å²) in [6.45, 7) is 4.18. The van der Waals surface area contributed by atoms with Gasteiger partial charge in [0.25, 0.3) is 5.91 Å². The molecule has 1 atom stereocenters. The predicted octanol–water partition coefficient (Wildman–Crippen LogP) is 5.77. The number of carbonyl (C=O) groups is 2.